The van der Waals surface area contributed by atoms with Crippen LogP contribution in [0.15, 0.2) is 24.3 Å². The van der Waals surface area contributed by atoms with Crippen molar-refractivity contribution in [2.45, 2.75) is 6.42 Å². The van der Waals surface area contributed by atoms with Crippen molar-refractivity contribution in [2.24, 2.45) is 0 Å². The second kappa shape index (κ2) is 4.82. The van der Waals surface area contributed by atoms with E-state index in [1.54, 1.807) is 12.1 Å². The van der Waals surface area contributed by atoms with Gasteiger partial charge >= 0.3 is 0 Å². The van der Waals surface area contributed by atoms with E-state index in [1.165, 1.54) is 12.1 Å². The van der Waals surface area contributed by atoms with Gasteiger partial charge in [-0.15, -0.1) is 0 Å². The van der Waals surface area contributed by atoms with E-state index < -0.39 is 4.92 Å². The maximum atomic E-state index is 10.3. The van der Waals surface area contributed by atoms with Crippen LogP contribution in [0.3, 0.4) is 0 Å². The molecule has 0 saturated heterocycles. The molecule has 0 unspecified atom stereocenters. The number of hydrogen-bond acceptors (Lipinski definition) is 4. The van der Waals surface area contributed by atoms with Gasteiger partial charge in [0.1, 0.15) is 0 Å². The van der Waals surface area contributed by atoms with Gasteiger partial charge in [-0.05, 0) is 12.1 Å². The molecule has 0 aliphatic heterocycles. The van der Waals surface area contributed by atoms with Crippen LogP contribution in [0.25, 0.3) is 0 Å². The summed E-state index contributed by atoms with van der Waals surface area (Å²) >= 11 is 0. The van der Waals surface area contributed by atoms with Crippen LogP contribution in [0.4, 0.5) is 11.4 Å². The number of nitro benzene ring substituents is 1. The fourth-order valence-corrected chi connectivity index (χ4v) is 0.964. The predicted molar refractivity (Wildman–Crippen MR) is 51.8 cm³/mol. The number of non-ortho nitro benzene ring substituents is 1. The fraction of sp³-hybridized carbons (Fsp3) is 0.222. The van der Waals surface area contributed by atoms with Crippen LogP contribution in [-0.4, -0.2) is 11.5 Å². The van der Waals surface area contributed by atoms with Gasteiger partial charge in [-0.2, -0.15) is 5.26 Å². The summed E-state index contributed by atoms with van der Waals surface area (Å²) in [6.45, 7) is 0.550. The summed E-state index contributed by atoms with van der Waals surface area (Å²) in [6, 6.07) is 8.09. The minimum atomic E-state index is -0.445. The number of nitriles is 1. The zero-order chi connectivity index (χ0) is 10.4. The molecule has 0 heterocycles. The quantitative estimate of drug-likeness (QED) is 0.448. The molecule has 0 spiro atoms. The third kappa shape index (κ3) is 2.75. The van der Waals surface area contributed by atoms with E-state index in [0.717, 1.165) is 5.69 Å². The number of benzene rings is 1. The standard InChI is InChI=1S/C9H9N3O2/c10-6-1-7-11-8-2-4-9(5-3-8)12(13)14/h2-5,11H,1,7H2. The molecule has 0 atom stereocenters. The number of rotatable bonds is 4. The largest absolute Gasteiger partial charge is 0.384 e. The van der Waals surface area contributed by atoms with Crippen LogP contribution in [0, 0.1) is 21.4 Å². The van der Waals surface area contributed by atoms with Crippen LogP contribution in [-0.2, 0) is 0 Å². The van der Waals surface area contributed by atoms with Crippen molar-refractivity contribution < 1.29 is 4.92 Å². The van der Waals surface area contributed by atoms with Gasteiger partial charge in [0.2, 0.25) is 0 Å². The van der Waals surface area contributed by atoms with E-state index in [4.69, 9.17) is 5.26 Å². The Balaban J connectivity index is 2.56. The topological polar surface area (TPSA) is 79.0 Å². The monoisotopic (exact) mass is 191 g/mol. The first-order valence-electron chi connectivity index (χ1n) is 4.09. The molecule has 1 aromatic rings. The molecule has 0 saturated carbocycles. The van der Waals surface area contributed by atoms with Crippen molar-refractivity contribution in [3.8, 4) is 6.07 Å². The Labute approximate surface area is 81.1 Å². The Morgan fingerprint density at radius 2 is 2.07 bits per heavy atom. The predicted octanol–water partition coefficient (Wildman–Crippen LogP) is 1.92. The summed E-state index contributed by atoms with van der Waals surface area (Å²) < 4.78 is 0. The normalized spacial score (nSPS) is 9.07. The summed E-state index contributed by atoms with van der Waals surface area (Å²) in [4.78, 5) is 9.87. The minimum absolute atomic E-state index is 0.0656. The smallest absolute Gasteiger partial charge is 0.269 e. The summed E-state index contributed by atoms with van der Waals surface area (Å²) in [7, 11) is 0. The number of nitro groups is 1. The fourth-order valence-electron chi connectivity index (χ4n) is 0.964. The van der Waals surface area contributed by atoms with Gasteiger partial charge in [-0.3, -0.25) is 10.1 Å². The highest BCUT2D eigenvalue weighted by Gasteiger charge is 2.02. The summed E-state index contributed by atoms with van der Waals surface area (Å²) in [5.41, 5.74) is 0.849. The first-order valence-corrected chi connectivity index (χ1v) is 4.09. The SMILES string of the molecule is N#CCCNc1ccc([N+](=O)[O-])cc1. The molecule has 72 valence electrons. The molecule has 0 radical (unpaired) electrons. The molecule has 5 nitrogen and oxygen atoms in total. The first kappa shape index (κ1) is 9.99. The van der Waals surface area contributed by atoms with Gasteiger partial charge in [-0.1, -0.05) is 0 Å². The molecule has 1 N–H and O–H groups in total. The lowest BCUT2D eigenvalue weighted by atomic mass is 10.3. The Morgan fingerprint density at radius 3 is 2.57 bits per heavy atom. The number of nitrogens with one attached hydrogen (secondary N) is 1. The van der Waals surface area contributed by atoms with Gasteiger partial charge in [0.15, 0.2) is 0 Å². The van der Waals surface area contributed by atoms with Gasteiger partial charge in [0.05, 0.1) is 17.4 Å². The number of anilines is 1. The molecule has 0 aromatic heterocycles. The molecular formula is C9H9N3O2. The lowest BCUT2D eigenvalue weighted by Gasteiger charge is -2.01. The number of nitrogens with zero attached hydrogens (tertiary/aromatic N) is 2. The van der Waals surface area contributed by atoms with Crippen LogP contribution >= 0.6 is 0 Å². The van der Waals surface area contributed by atoms with Gasteiger partial charge < -0.3 is 5.32 Å². The van der Waals surface area contributed by atoms with E-state index in [2.05, 4.69) is 5.32 Å². The third-order valence-electron chi connectivity index (χ3n) is 1.64. The van der Waals surface area contributed by atoms with Crippen molar-refractivity contribution >= 4 is 11.4 Å². The molecule has 5 heteroatoms. The first-order chi connectivity index (χ1) is 6.74. The Kier molecular flexibility index (Phi) is 3.44. The highest BCUT2D eigenvalue weighted by molar-refractivity contribution is 5.48. The third-order valence-corrected chi connectivity index (χ3v) is 1.64. The second-order valence-electron chi connectivity index (χ2n) is 2.64. The van der Waals surface area contributed by atoms with Crippen molar-refractivity contribution in [2.75, 3.05) is 11.9 Å². The van der Waals surface area contributed by atoms with Crippen molar-refractivity contribution in [3.63, 3.8) is 0 Å². The summed E-state index contributed by atoms with van der Waals surface area (Å²) in [6.07, 6.45) is 0.414. The van der Waals surface area contributed by atoms with Crippen molar-refractivity contribution in [1.82, 2.24) is 0 Å². The summed E-state index contributed by atoms with van der Waals surface area (Å²) in [5.74, 6) is 0. The molecule has 1 aromatic carbocycles. The zero-order valence-electron chi connectivity index (χ0n) is 7.43. The van der Waals surface area contributed by atoms with Gasteiger partial charge in [-0.25, -0.2) is 0 Å². The second-order valence-corrected chi connectivity index (χ2v) is 2.64. The van der Waals surface area contributed by atoms with Gasteiger partial charge in [0, 0.05) is 24.4 Å². The Morgan fingerprint density at radius 1 is 1.43 bits per heavy atom. The van der Waals surface area contributed by atoms with Crippen LogP contribution < -0.4 is 5.32 Å². The Bertz CT molecular complexity index is 353. The molecule has 0 aliphatic rings. The average molecular weight is 191 g/mol. The molecule has 0 bridgehead atoms. The maximum Gasteiger partial charge on any atom is 0.269 e. The van der Waals surface area contributed by atoms with Crippen LogP contribution in [0.1, 0.15) is 6.42 Å². The van der Waals surface area contributed by atoms with E-state index >= 15 is 0 Å². The van der Waals surface area contributed by atoms with E-state index in [-0.39, 0.29) is 5.69 Å². The van der Waals surface area contributed by atoms with E-state index in [1.807, 2.05) is 6.07 Å². The molecule has 0 fully saturated rings. The molecule has 14 heavy (non-hydrogen) atoms. The maximum absolute atomic E-state index is 10.3. The summed E-state index contributed by atoms with van der Waals surface area (Å²) in [5, 5.41) is 21.6. The Hall–Kier alpha value is -2.09. The van der Waals surface area contributed by atoms with Crippen LogP contribution in [0.2, 0.25) is 0 Å². The minimum Gasteiger partial charge on any atom is -0.384 e. The highest BCUT2D eigenvalue weighted by Crippen LogP contribution is 2.14. The lowest BCUT2D eigenvalue weighted by Crippen LogP contribution is -1.99. The van der Waals surface area contributed by atoms with Crippen LogP contribution in [0.5, 0.6) is 0 Å². The number of hydrogen-bond donors (Lipinski definition) is 1. The van der Waals surface area contributed by atoms with E-state index in [0.29, 0.717) is 13.0 Å². The van der Waals surface area contributed by atoms with Crippen molar-refractivity contribution in [3.05, 3.63) is 34.4 Å². The van der Waals surface area contributed by atoms with Crippen molar-refractivity contribution in [1.29, 1.82) is 5.26 Å². The average Bonchev–Trinajstić information content (AvgIpc) is 2.19. The van der Waals surface area contributed by atoms with E-state index in [9.17, 15) is 10.1 Å². The van der Waals surface area contributed by atoms with Gasteiger partial charge in [0.25, 0.3) is 5.69 Å². The zero-order valence-corrected chi connectivity index (χ0v) is 7.43. The lowest BCUT2D eigenvalue weighted by molar-refractivity contribution is -0.384. The molecule has 0 amide bonds. The molecule has 0 aliphatic carbocycles. The highest BCUT2D eigenvalue weighted by atomic mass is 16.6. The molecular weight excluding hydrogens is 182 g/mol. The molecule has 1 rings (SSSR count).